The van der Waals surface area contributed by atoms with Crippen LogP contribution in [0.5, 0.6) is 5.75 Å². The Bertz CT molecular complexity index is 909. The van der Waals surface area contributed by atoms with Crippen LogP contribution in [-0.2, 0) is 0 Å². The van der Waals surface area contributed by atoms with Gasteiger partial charge in [0.25, 0.3) is 5.91 Å². The first-order valence-corrected chi connectivity index (χ1v) is 8.01. The fraction of sp³-hybridized carbons (Fsp3) is 0.158. The number of amides is 1. The smallest absolute Gasteiger partial charge is 0.412 e. The summed E-state index contributed by atoms with van der Waals surface area (Å²) in [4.78, 5) is 12.5. The Labute approximate surface area is 153 Å². The zero-order valence-corrected chi connectivity index (χ0v) is 14.3. The Morgan fingerprint density at radius 2 is 1.67 bits per heavy atom. The summed E-state index contributed by atoms with van der Waals surface area (Å²) >= 11 is 0. The SMILES string of the molecule is COc1cn(-c2ccccc2)nc1C(=O)NC(c1ccccc1)C(F)(F)F. The second-order valence-corrected chi connectivity index (χ2v) is 5.68. The lowest BCUT2D eigenvalue weighted by Crippen LogP contribution is -2.38. The summed E-state index contributed by atoms with van der Waals surface area (Å²) in [7, 11) is 1.32. The summed E-state index contributed by atoms with van der Waals surface area (Å²) in [6.45, 7) is 0. The standard InChI is InChI=1S/C19H16F3N3O2/c1-27-15-12-25(14-10-6-3-7-11-14)24-16(15)18(26)23-17(19(20,21)22)13-8-4-2-5-9-13/h2-12,17H,1H3,(H,23,26). The molecule has 27 heavy (non-hydrogen) atoms. The largest absolute Gasteiger partial charge is 0.493 e. The molecule has 3 aromatic rings. The van der Waals surface area contributed by atoms with E-state index >= 15 is 0 Å². The van der Waals surface area contributed by atoms with E-state index in [9.17, 15) is 18.0 Å². The summed E-state index contributed by atoms with van der Waals surface area (Å²) in [6, 6.07) is 13.9. The number of ether oxygens (including phenoxy) is 1. The number of hydrogen-bond donors (Lipinski definition) is 1. The zero-order valence-electron chi connectivity index (χ0n) is 14.3. The summed E-state index contributed by atoms with van der Waals surface area (Å²) in [6.07, 6.45) is -3.22. The van der Waals surface area contributed by atoms with Crippen molar-refractivity contribution in [1.29, 1.82) is 0 Å². The highest BCUT2D eigenvalue weighted by atomic mass is 19.4. The minimum absolute atomic E-state index is 0.0696. The number of rotatable bonds is 5. The Hall–Kier alpha value is -3.29. The molecular formula is C19H16F3N3O2. The van der Waals surface area contributed by atoms with Gasteiger partial charge in [-0.25, -0.2) is 4.68 Å². The Balaban J connectivity index is 1.92. The van der Waals surface area contributed by atoms with Crippen molar-refractivity contribution in [2.75, 3.05) is 7.11 Å². The molecule has 0 aliphatic carbocycles. The van der Waals surface area contributed by atoms with E-state index in [0.717, 1.165) is 0 Å². The molecule has 1 heterocycles. The average Bonchev–Trinajstić information content (AvgIpc) is 3.11. The van der Waals surface area contributed by atoms with Crippen LogP contribution in [-0.4, -0.2) is 29.0 Å². The van der Waals surface area contributed by atoms with Crippen molar-refractivity contribution >= 4 is 5.91 Å². The first kappa shape index (κ1) is 18.5. The molecule has 140 valence electrons. The molecule has 3 rings (SSSR count). The topological polar surface area (TPSA) is 56.2 Å². The highest BCUT2D eigenvalue weighted by molar-refractivity contribution is 5.95. The maximum absolute atomic E-state index is 13.5. The number of nitrogens with zero attached hydrogens (tertiary/aromatic N) is 2. The van der Waals surface area contributed by atoms with Gasteiger partial charge in [-0.1, -0.05) is 48.5 Å². The second kappa shape index (κ2) is 7.53. The van der Waals surface area contributed by atoms with Crippen LogP contribution >= 0.6 is 0 Å². The number of benzene rings is 2. The van der Waals surface area contributed by atoms with Gasteiger partial charge in [0.15, 0.2) is 17.5 Å². The Morgan fingerprint density at radius 1 is 1.07 bits per heavy atom. The van der Waals surface area contributed by atoms with Crippen molar-refractivity contribution in [3.8, 4) is 11.4 Å². The third kappa shape index (κ3) is 4.11. The molecule has 0 fully saturated rings. The van der Waals surface area contributed by atoms with Crippen LogP contribution in [0, 0.1) is 0 Å². The highest BCUT2D eigenvalue weighted by Gasteiger charge is 2.42. The number of aromatic nitrogens is 2. The molecule has 1 unspecified atom stereocenters. The molecule has 1 aromatic heterocycles. The van der Waals surface area contributed by atoms with Crippen LogP contribution in [0.4, 0.5) is 13.2 Å². The molecule has 0 saturated carbocycles. The highest BCUT2D eigenvalue weighted by Crippen LogP contribution is 2.33. The Kier molecular flexibility index (Phi) is 5.16. The summed E-state index contributed by atoms with van der Waals surface area (Å²) in [5.41, 5.74) is 0.344. The molecule has 0 aliphatic heterocycles. The van der Waals surface area contributed by atoms with Gasteiger partial charge in [-0.05, 0) is 17.7 Å². The lowest BCUT2D eigenvalue weighted by molar-refractivity contribution is -0.155. The van der Waals surface area contributed by atoms with Crippen molar-refractivity contribution < 1.29 is 22.7 Å². The minimum atomic E-state index is -4.66. The number of alkyl halides is 3. The molecule has 8 heteroatoms. The van der Waals surface area contributed by atoms with E-state index in [1.54, 1.807) is 30.3 Å². The van der Waals surface area contributed by atoms with Crippen molar-refractivity contribution in [1.82, 2.24) is 15.1 Å². The number of carbonyl (C=O) groups excluding carboxylic acids is 1. The van der Waals surface area contributed by atoms with Gasteiger partial charge in [-0.15, -0.1) is 0 Å². The van der Waals surface area contributed by atoms with E-state index < -0.39 is 18.1 Å². The van der Waals surface area contributed by atoms with Gasteiger partial charge in [-0.3, -0.25) is 4.79 Å². The summed E-state index contributed by atoms with van der Waals surface area (Å²) < 4.78 is 46.9. The van der Waals surface area contributed by atoms with Gasteiger partial charge in [-0.2, -0.15) is 18.3 Å². The third-order valence-electron chi connectivity index (χ3n) is 3.87. The predicted octanol–water partition coefficient (Wildman–Crippen LogP) is 3.91. The van der Waals surface area contributed by atoms with Gasteiger partial charge in [0, 0.05) is 0 Å². The lowest BCUT2D eigenvalue weighted by Gasteiger charge is -2.21. The average molecular weight is 375 g/mol. The van der Waals surface area contributed by atoms with E-state index in [-0.39, 0.29) is 17.0 Å². The van der Waals surface area contributed by atoms with Crippen LogP contribution in [0.3, 0.4) is 0 Å². The predicted molar refractivity (Wildman–Crippen MR) is 92.8 cm³/mol. The lowest BCUT2D eigenvalue weighted by atomic mass is 10.1. The quantitative estimate of drug-likeness (QED) is 0.736. The van der Waals surface area contributed by atoms with Crippen LogP contribution in [0.25, 0.3) is 5.69 Å². The minimum Gasteiger partial charge on any atom is -0.493 e. The van der Waals surface area contributed by atoms with Gasteiger partial charge < -0.3 is 10.1 Å². The first-order valence-electron chi connectivity index (χ1n) is 8.01. The molecule has 0 spiro atoms. The molecular weight excluding hydrogens is 359 g/mol. The fourth-order valence-corrected chi connectivity index (χ4v) is 2.58. The second-order valence-electron chi connectivity index (χ2n) is 5.68. The monoisotopic (exact) mass is 375 g/mol. The normalized spacial score (nSPS) is 12.4. The molecule has 0 radical (unpaired) electrons. The maximum Gasteiger partial charge on any atom is 0.412 e. The van der Waals surface area contributed by atoms with Crippen molar-refractivity contribution in [3.05, 3.63) is 78.1 Å². The van der Waals surface area contributed by atoms with Crippen LogP contribution in [0.2, 0.25) is 0 Å². The number of halogens is 3. The fourth-order valence-electron chi connectivity index (χ4n) is 2.58. The van der Waals surface area contributed by atoms with Gasteiger partial charge in [0.2, 0.25) is 0 Å². The number of methoxy groups -OCH3 is 1. The van der Waals surface area contributed by atoms with Crippen LogP contribution in [0.1, 0.15) is 22.1 Å². The van der Waals surface area contributed by atoms with Gasteiger partial charge in [0.05, 0.1) is 19.0 Å². The van der Waals surface area contributed by atoms with Crippen LogP contribution in [0.15, 0.2) is 66.9 Å². The molecule has 5 nitrogen and oxygen atoms in total. The number of carbonyl (C=O) groups is 1. The van der Waals surface area contributed by atoms with Gasteiger partial charge in [0.1, 0.15) is 0 Å². The molecule has 0 saturated heterocycles. The van der Waals surface area contributed by atoms with E-state index in [2.05, 4.69) is 5.10 Å². The van der Waals surface area contributed by atoms with E-state index in [1.165, 1.54) is 42.3 Å². The van der Waals surface area contributed by atoms with E-state index in [4.69, 9.17) is 4.74 Å². The molecule has 1 N–H and O–H groups in total. The number of nitrogens with one attached hydrogen (secondary N) is 1. The molecule has 0 bridgehead atoms. The van der Waals surface area contributed by atoms with E-state index in [1.807, 2.05) is 11.4 Å². The first-order chi connectivity index (χ1) is 12.9. The molecule has 1 amide bonds. The molecule has 2 aromatic carbocycles. The van der Waals surface area contributed by atoms with Crippen molar-refractivity contribution in [2.45, 2.75) is 12.2 Å². The van der Waals surface area contributed by atoms with Crippen molar-refractivity contribution in [3.63, 3.8) is 0 Å². The molecule has 0 aliphatic rings. The summed E-state index contributed by atoms with van der Waals surface area (Å²) in [5.74, 6) is -0.905. The molecule has 1 atom stereocenters. The van der Waals surface area contributed by atoms with Crippen molar-refractivity contribution in [2.24, 2.45) is 0 Å². The zero-order chi connectivity index (χ0) is 19.4. The Morgan fingerprint density at radius 3 is 2.22 bits per heavy atom. The third-order valence-corrected chi connectivity index (χ3v) is 3.87. The maximum atomic E-state index is 13.5. The number of para-hydroxylation sites is 1. The van der Waals surface area contributed by atoms with Gasteiger partial charge >= 0.3 is 6.18 Å². The number of hydrogen-bond acceptors (Lipinski definition) is 3. The summed E-state index contributed by atoms with van der Waals surface area (Å²) in [5, 5.41) is 6.10. The van der Waals surface area contributed by atoms with Crippen LogP contribution < -0.4 is 10.1 Å². The van der Waals surface area contributed by atoms with E-state index in [0.29, 0.717) is 5.69 Å².